The fourth-order valence-corrected chi connectivity index (χ4v) is 4.61. The lowest BCUT2D eigenvalue weighted by atomic mass is 9.96. The number of hydrogen-bond acceptors (Lipinski definition) is 3. The summed E-state index contributed by atoms with van der Waals surface area (Å²) in [6.45, 7) is 3.42. The molecule has 5 nitrogen and oxygen atoms in total. The molecule has 0 fully saturated rings. The predicted octanol–water partition coefficient (Wildman–Crippen LogP) is 6.39. The molecule has 3 aromatic carbocycles. The van der Waals surface area contributed by atoms with Crippen LogP contribution in [0.4, 0.5) is 0 Å². The molecular formula is C29H29N3O2. The number of hydrogen-bond donors (Lipinski definition) is 1. The van der Waals surface area contributed by atoms with E-state index in [2.05, 4.69) is 41.4 Å². The van der Waals surface area contributed by atoms with Crippen molar-refractivity contribution in [1.82, 2.24) is 15.1 Å². The Morgan fingerprint density at radius 3 is 2.32 bits per heavy atom. The van der Waals surface area contributed by atoms with Crippen LogP contribution in [0.15, 0.2) is 84.9 Å². The van der Waals surface area contributed by atoms with Crippen molar-refractivity contribution in [1.29, 1.82) is 0 Å². The van der Waals surface area contributed by atoms with Crippen molar-refractivity contribution in [3.8, 4) is 17.0 Å². The second-order valence-electron chi connectivity index (χ2n) is 8.68. The molecule has 4 aromatic rings. The highest BCUT2D eigenvalue weighted by atomic mass is 16.5. The molecule has 0 saturated carbocycles. The first-order valence-corrected chi connectivity index (χ1v) is 12.0. The molecule has 0 bridgehead atoms. The van der Waals surface area contributed by atoms with Crippen LogP contribution in [0.3, 0.4) is 0 Å². The number of nitrogens with zero attached hydrogens (tertiary/aromatic N) is 2. The summed E-state index contributed by atoms with van der Waals surface area (Å²) in [6, 6.07) is 28.2. The molecule has 0 radical (unpaired) electrons. The van der Waals surface area contributed by atoms with Gasteiger partial charge < -0.3 is 9.64 Å². The van der Waals surface area contributed by atoms with Crippen LogP contribution >= 0.6 is 0 Å². The van der Waals surface area contributed by atoms with Crippen molar-refractivity contribution in [2.45, 2.75) is 38.8 Å². The number of carbonyl (C=O) groups excluding carboxylic acids is 1. The van der Waals surface area contributed by atoms with E-state index in [-0.39, 0.29) is 11.9 Å². The number of fused-ring (bicyclic) bond motifs is 1. The van der Waals surface area contributed by atoms with Gasteiger partial charge in [-0.25, -0.2) is 0 Å². The summed E-state index contributed by atoms with van der Waals surface area (Å²) in [7, 11) is 0. The number of nitrogens with one attached hydrogen (secondary N) is 1. The van der Waals surface area contributed by atoms with Crippen molar-refractivity contribution in [3.05, 3.63) is 107 Å². The average molecular weight is 452 g/mol. The quantitative estimate of drug-likeness (QED) is 0.300. The molecule has 0 spiro atoms. The third kappa shape index (κ3) is 4.34. The fourth-order valence-electron chi connectivity index (χ4n) is 4.61. The van der Waals surface area contributed by atoms with Gasteiger partial charge in [-0.05, 0) is 29.7 Å². The molecule has 0 aliphatic carbocycles. The van der Waals surface area contributed by atoms with Crippen LogP contribution in [0, 0.1) is 0 Å². The number of amides is 1. The summed E-state index contributed by atoms with van der Waals surface area (Å²) >= 11 is 0. The van der Waals surface area contributed by atoms with Gasteiger partial charge in [-0.1, -0.05) is 92.6 Å². The number of ether oxygens (including phenoxy) is 1. The monoisotopic (exact) mass is 451 g/mol. The lowest BCUT2D eigenvalue weighted by Gasteiger charge is -2.26. The summed E-state index contributed by atoms with van der Waals surface area (Å²) < 4.78 is 5.99. The third-order valence-corrected chi connectivity index (χ3v) is 6.36. The molecular weight excluding hydrogens is 422 g/mol. The molecule has 5 heteroatoms. The summed E-state index contributed by atoms with van der Waals surface area (Å²) in [6.07, 6.45) is 3.19. The number of aromatic nitrogens is 2. The van der Waals surface area contributed by atoms with Crippen LogP contribution < -0.4 is 4.74 Å². The van der Waals surface area contributed by atoms with E-state index in [4.69, 9.17) is 4.74 Å². The lowest BCUT2D eigenvalue weighted by molar-refractivity contribution is 0.0740. The van der Waals surface area contributed by atoms with Crippen LogP contribution in [-0.2, 0) is 6.61 Å². The Labute approximate surface area is 200 Å². The summed E-state index contributed by atoms with van der Waals surface area (Å²) in [5, 5.41) is 7.59. The first kappa shape index (κ1) is 22.0. The molecule has 0 saturated heterocycles. The zero-order valence-corrected chi connectivity index (χ0v) is 19.4. The van der Waals surface area contributed by atoms with E-state index in [1.165, 1.54) is 0 Å². The minimum absolute atomic E-state index is 0.0233. The van der Waals surface area contributed by atoms with Gasteiger partial charge in [0.25, 0.3) is 5.91 Å². The predicted molar refractivity (Wildman–Crippen MR) is 134 cm³/mol. The summed E-state index contributed by atoms with van der Waals surface area (Å²) in [5.74, 6) is 0.834. The molecule has 172 valence electrons. The topological polar surface area (TPSA) is 58.2 Å². The van der Waals surface area contributed by atoms with Crippen LogP contribution in [0.2, 0.25) is 0 Å². The molecule has 1 atom stereocenters. The van der Waals surface area contributed by atoms with Gasteiger partial charge in [-0.2, -0.15) is 5.10 Å². The van der Waals surface area contributed by atoms with Crippen LogP contribution in [0.1, 0.15) is 59.4 Å². The average Bonchev–Trinajstić information content (AvgIpc) is 3.43. The maximum Gasteiger partial charge on any atom is 0.273 e. The molecule has 1 aliphatic heterocycles. The molecule has 1 unspecified atom stereocenters. The van der Waals surface area contributed by atoms with Gasteiger partial charge in [0.1, 0.15) is 18.1 Å². The van der Waals surface area contributed by atoms with Crippen LogP contribution in [-0.4, -0.2) is 27.5 Å². The molecule has 1 aromatic heterocycles. The second-order valence-corrected chi connectivity index (χ2v) is 8.68. The molecule has 5 rings (SSSR count). The number of rotatable bonds is 9. The minimum Gasteiger partial charge on any atom is -0.489 e. The lowest BCUT2D eigenvalue weighted by Crippen LogP contribution is -2.30. The molecule has 1 amide bonds. The maximum absolute atomic E-state index is 13.4. The zero-order valence-electron chi connectivity index (χ0n) is 19.4. The molecule has 2 heterocycles. The number of unbranched alkanes of at least 4 members (excludes halogenated alkanes) is 2. The summed E-state index contributed by atoms with van der Waals surface area (Å²) in [4.78, 5) is 15.4. The maximum atomic E-state index is 13.4. The van der Waals surface area contributed by atoms with Gasteiger partial charge in [0.2, 0.25) is 0 Å². The van der Waals surface area contributed by atoms with Gasteiger partial charge in [0, 0.05) is 17.7 Å². The number of carbonyl (C=O) groups is 1. The Kier molecular flexibility index (Phi) is 6.43. The Bertz CT molecular complexity index is 1230. The Morgan fingerprint density at radius 2 is 1.62 bits per heavy atom. The van der Waals surface area contributed by atoms with E-state index in [0.29, 0.717) is 12.3 Å². The highest BCUT2D eigenvalue weighted by Gasteiger charge is 2.41. The van der Waals surface area contributed by atoms with E-state index in [9.17, 15) is 4.79 Å². The molecule has 1 aliphatic rings. The van der Waals surface area contributed by atoms with Crippen molar-refractivity contribution in [2.24, 2.45) is 0 Å². The second kappa shape index (κ2) is 9.96. The van der Waals surface area contributed by atoms with Gasteiger partial charge in [0.15, 0.2) is 0 Å². The Hall–Kier alpha value is -3.86. The van der Waals surface area contributed by atoms with Crippen LogP contribution in [0.25, 0.3) is 11.3 Å². The number of aromatic amines is 1. The van der Waals surface area contributed by atoms with Gasteiger partial charge >= 0.3 is 0 Å². The minimum atomic E-state index is -0.170. The van der Waals surface area contributed by atoms with Crippen LogP contribution in [0.5, 0.6) is 5.75 Å². The van der Waals surface area contributed by atoms with Crippen molar-refractivity contribution < 1.29 is 9.53 Å². The van der Waals surface area contributed by atoms with E-state index < -0.39 is 0 Å². The third-order valence-electron chi connectivity index (χ3n) is 6.36. The standard InChI is InChI=1S/C29H29N3O2/c1-2-3-10-19-32-28(23-15-17-24(18-16-23)34-20-21-11-6-4-7-12-21)25-26(22-13-8-5-9-14-22)30-31-27(25)29(32)33/h4-9,11-18,28H,2-3,10,19-20H2,1H3,(H,30,31). The Balaban J connectivity index is 1.45. The Morgan fingerprint density at radius 1 is 0.912 bits per heavy atom. The van der Waals surface area contributed by atoms with E-state index in [1.54, 1.807) is 0 Å². The molecule has 1 N–H and O–H groups in total. The SMILES string of the molecule is CCCCCN1C(=O)c2[nH]nc(-c3ccccc3)c2C1c1ccc(OCc2ccccc2)cc1. The van der Waals surface area contributed by atoms with Gasteiger partial charge in [-0.3, -0.25) is 9.89 Å². The number of benzene rings is 3. The largest absolute Gasteiger partial charge is 0.489 e. The zero-order chi connectivity index (χ0) is 23.3. The molecule has 34 heavy (non-hydrogen) atoms. The van der Waals surface area contributed by atoms with Gasteiger partial charge in [-0.15, -0.1) is 0 Å². The fraction of sp³-hybridized carbons (Fsp3) is 0.241. The van der Waals surface area contributed by atoms with E-state index in [0.717, 1.165) is 59.5 Å². The first-order valence-electron chi connectivity index (χ1n) is 12.0. The summed E-state index contributed by atoms with van der Waals surface area (Å²) in [5.41, 5.74) is 5.61. The van der Waals surface area contributed by atoms with Crippen molar-refractivity contribution >= 4 is 5.91 Å². The smallest absolute Gasteiger partial charge is 0.273 e. The van der Waals surface area contributed by atoms with Gasteiger partial charge in [0.05, 0.1) is 11.7 Å². The highest BCUT2D eigenvalue weighted by molar-refractivity contribution is 6.00. The first-order chi connectivity index (χ1) is 16.8. The number of H-pyrrole nitrogens is 1. The normalized spacial score (nSPS) is 14.9. The van der Waals surface area contributed by atoms with E-state index in [1.807, 2.05) is 65.6 Å². The van der Waals surface area contributed by atoms with Crippen molar-refractivity contribution in [2.75, 3.05) is 6.54 Å². The van der Waals surface area contributed by atoms with E-state index >= 15 is 0 Å². The van der Waals surface area contributed by atoms with Crippen molar-refractivity contribution in [3.63, 3.8) is 0 Å². The highest BCUT2D eigenvalue weighted by Crippen LogP contribution is 2.43.